The van der Waals surface area contributed by atoms with Crippen molar-refractivity contribution in [3.8, 4) is 5.75 Å². The molecule has 28 heavy (non-hydrogen) atoms. The summed E-state index contributed by atoms with van der Waals surface area (Å²) in [6, 6.07) is 14.8. The molecule has 0 radical (unpaired) electrons. The minimum atomic E-state index is -0.349. The van der Waals surface area contributed by atoms with Crippen LogP contribution in [-0.4, -0.2) is 25.1 Å². The Morgan fingerprint density at radius 1 is 0.964 bits per heavy atom. The fourth-order valence-electron chi connectivity index (χ4n) is 2.56. The van der Waals surface area contributed by atoms with Crippen LogP contribution >= 0.6 is 0 Å². The molecule has 1 N–H and O–H groups in total. The molecular weight excluding hydrogens is 354 g/mol. The molecule has 0 aliphatic heterocycles. The van der Waals surface area contributed by atoms with Gasteiger partial charge in [0.25, 0.3) is 0 Å². The van der Waals surface area contributed by atoms with E-state index in [1.807, 2.05) is 19.1 Å². The molecule has 0 bridgehead atoms. The Bertz CT molecular complexity index is 751. The lowest BCUT2D eigenvalue weighted by atomic mass is 10.0. The van der Waals surface area contributed by atoms with Crippen LogP contribution in [0.2, 0.25) is 0 Å². The Morgan fingerprint density at radius 2 is 1.64 bits per heavy atom. The van der Waals surface area contributed by atoms with Gasteiger partial charge >= 0.3 is 5.97 Å². The Hall–Kier alpha value is -2.82. The van der Waals surface area contributed by atoms with Crippen LogP contribution in [0, 0.1) is 0 Å². The van der Waals surface area contributed by atoms with Crippen LogP contribution in [0.3, 0.4) is 0 Å². The third-order valence-corrected chi connectivity index (χ3v) is 4.21. The van der Waals surface area contributed by atoms with Crippen molar-refractivity contribution in [2.75, 3.05) is 18.5 Å². The fraction of sp³-hybridized carbons (Fsp3) is 0.391. The highest BCUT2D eigenvalue weighted by atomic mass is 16.5. The van der Waals surface area contributed by atoms with Gasteiger partial charge in [-0.3, -0.25) is 4.79 Å². The van der Waals surface area contributed by atoms with Crippen LogP contribution in [-0.2, 0) is 9.53 Å². The van der Waals surface area contributed by atoms with E-state index in [0.717, 1.165) is 12.2 Å². The molecule has 0 spiro atoms. The molecule has 1 amide bonds. The van der Waals surface area contributed by atoms with Crippen LogP contribution < -0.4 is 10.1 Å². The second-order valence-electron chi connectivity index (χ2n) is 6.94. The van der Waals surface area contributed by atoms with Crippen molar-refractivity contribution in [1.29, 1.82) is 0 Å². The largest absolute Gasteiger partial charge is 0.494 e. The molecule has 0 aliphatic rings. The van der Waals surface area contributed by atoms with Gasteiger partial charge in [-0.05, 0) is 60.7 Å². The Kier molecular flexibility index (Phi) is 8.53. The minimum absolute atomic E-state index is 0.0833. The standard InChI is InChI=1S/C23H29NO4/c1-4-15-28-23(26)19-7-11-20(12-8-19)24-22(25)6-5-16-27-21-13-9-18(10-14-21)17(2)3/h7-14,17H,4-6,15-16H2,1-3H3,(H,24,25). The van der Waals surface area contributed by atoms with Crippen molar-refractivity contribution >= 4 is 17.6 Å². The predicted molar refractivity (Wildman–Crippen MR) is 111 cm³/mol. The lowest BCUT2D eigenvalue weighted by Gasteiger charge is -2.09. The summed E-state index contributed by atoms with van der Waals surface area (Å²) in [5, 5.41) is 2.82. The summed E-state index contributed by atoms with van der Waals surface area (Å²) >= 11 is 0. The smallest absolute Gasteiger partial charge is 0.338 e. The fourth-order valence-corrected chi connectivity index (χ4v) is 2.56. The van der Waals surface area contributed by atoms with E-state index in [1.165, 1.54) is 5.56 Å². The molecule has 0 aliphatic carbocycles. The summed E-state index contributed by atoms with van der Waals surface area (Å²) in [4.78, 5) is 23.8. The van der Waals surface area contributed by atoms with Gasteiger partial charge in [0.1, 0.15) is 5.75 Å². The zero-order chi connectivity index (χ0) is 20.4. The molecule has 150 valence electrons. The van der Waals surface area contributed by atoms with Crippen molar-refractivity contribution in [2.45, 2.75) is 46.0 Å². The summed E-state index contributed by atoms with van der Waals surface area (Å²) in [5.41, 5.74) is 2.40. The number of nitrogens with one attached hydrogen (secondary N) is 1. The number of hydrogen-bond donors (Lipinski definition) is 1. The highest BCUT2D eigenvalue weighted by Gasteiger charge is 2.08. The molecule has 2 aromatic carbocycles. The topological polar surface area (TPSA) is 64.6 Å². The van der Waals surface area contributed by atoms with Gasteiger partial charge in [-0.2, -0.15) is 0 Å². The Balaban J connectivity index is 1.70. The summed E-state index contributed by atoms with van der Waals surface area (Å²) in [6.07, 6.45) is 1.77. The number of anilines is 1. The van der Waals surface area contributed by atoms with Crippen molar-refractivity contribution < 1.29 is 19.1 Å². The predicted octanol–water partition coefficient (Wildman–Crippen LogP) is 5.17. The molecular formula is C23H29NO4. The second kappa shape index (κ2) is 11.1. The maximum atomic E-state index is 12.0. The van der Waals surface area contributed by atoms with Gasteiger partial charge in [-0.25, -0.2) is 4.79 Å². The molecule has 0 atom stereocenters. The second-order valence-corrected chi connectivity index (χ2v) is 6.94. The Labute approximate surface area is 167 Å². The highest BCUT2D eigenvalue weighted by Crippen LogP contribution is 2.19. The highest BCUT2D eigenvalue weighted by molar-refractivity contribution is 5.93. The summed E-state index contributed by atoms with van der Waals surface area (Å²) in [5.74, 6) is 0.877. The number of ether oxygens (including phenoxy) is 2. The number of amides is 1. The zero-order valence-corrected chi connectivity index (χ0v) is 16.9. The van der Waals surface area contributed by atoms with E-state index in [-0.39, 0.29) is 11.9 Å². The molecule has 2 aromatic rings. The van der Waals surface area contributed by atoms with E-state index in [4.69, 9.17) is 9.47 Å². The molecule has 5 heteroatoms. The molecule has 2 rings (SSSR count). The van der Waals surface area contributed by atoms with E-state index in [0.29, 0.717) is 43.2 Å². The molecule has 0 fully saturated rings. The van der Waals surface area contributed by atoms with Crippen molar-refractivity contribution in [2.24, 2.45) is 0 Å². The van der Waals surface area contributed by atoms with E-state index < -0.39 is 0 Å². The summed E-state index contributed by atoms with van der Waals surface area (Å²) in [6.45, 7) is 7.14. The maximum absolute atomic E-state index is 12.0. The van der Waals surface area contributed by atoms with E-state index in [9.17, 15) is 9.59 Å². The number of hydrogen-bond acceptors (Lipinski definition) is 4. The van der Waals surface area contributed by atoms with Gasteiger partial charge in [0.2, 0.25) is 5.91 Å². The maximum Gasteiger partial charge on any atom is 0.338 e. The van der Waals surface area contributed by atoms with Gasteiger partial charge in [0.05, 0.1) is 18.8 Å². The SMILES string of the molecule is CCCOC(=O)c1ccc(NC(=O)CCCOc2ccc(C(C)C)cc2)cc1. The zero-order valence-electron chi connectivity index (χ0n) is 16.9. The van der Waals surface area contributed by atoms with Gasteiger partial charge in [-0.1, -0.05) is 32.9 Å². The Morgan fingerprint density at radius 3 is 2.25 bits per heavy atom. The first-order valence-electron chi connectivity index (χ1n) is 9.79. The first-order chi connectivity index (χ1) is 13.5. The van der Waals surface area contributed by atoms with E-state index in [1.54, 1.807) is 24.3 Å². The molecule has 0 saturated heterocycles. The minimum Gasteiger partial charge on any atom is -0.494 e. The van der Waals surface area contributed by atoms with Crippen LogP contribution in [0.25, 0.3) is 0 Å². The van der Waals surface area contributed by atoms with Gasteiger partial charge < -0.3 is 14.8 Å². The average Bonchev–Trinajstić information content (AvgIpc) is 2.70. The van der Waals surface area contributed by atoms with E-state index in [2.05, 4.69) is 31.3 Å². The van der Waals surface area contributed by atoms with Crippen LogP contribution in [0.1, 0.15) is 61.9 Å². The molecule has 0 saturated carbocycles. The molecule has 0 heterocycles. The number of benzene rings is 2. The van der Waals surface area contributed by atoms with Gasteiger partial charge in [0, 0.05) is 12.1 Å². The average molecular weight is 383 g/mol. The summed E-state index contributed by atoms with van der Waals surface area (Å²) in [7, 11) is 0. The number of carbonyl (C=O) groups excluding carboxylic acids is 2. The van der Waals surface area contributed by atoms with Crippen molar-refractivity contribution in [3.05, 3.63) is 59.7 Å². The molecule has 0 aromatic heterocycles. The lowest BCUT2D eigenvalue weighted by molar-refractivity contribution is -0.116. The first kappa shape index (κ1) is 21.5. The summed E-state index contributed by atoms with van der Waals surface area (Å²) < 4.78 is 10.8. The van der Waals surface area contributed by atoms with Gasteiger partial charge in [0.15, 0.2) is 0 Å². The lowest BCUT2D eigenvalue weighted by Crippen LogP contribution is -2.13. The monoisotopic (exact) mass is 383 g/mol. The number of carbonyl (C=O) groups is 2. The number of rotatable bonds is 10. The van der Waals surface area contributed by atoms with Crippen molar-refractivity contribution in [1.82, 2.24) is 0 Å². The molecule has 0 unspecified atom stereocenters. The first-order valence-corrected chi connectivity index (χ1v) is 9.79. The third kappa shape index (κ3) is 7.06. The van der Waals surface area contributed by atoms with Crippen LogP contribution in [0.5, 0.6) is 5.75 Å². The van der Waals surface area contributed by atoms with Crippen molar-refractivity contribution in [3.63, 3.8) is 0 Å². The van der Waals surface area contributed by atoms with E-state index >= 15 is 0 Å². The van der Waals surface area contributed by atoms with Crippen LogP contribution in [0.4, 0.5) is 5.69 Å². The van der Waals surface area contributed by atoms with Crippen LogP contribution in [0.15, 0.2) is 48.5 Å². The normalized spacial score (nSPS) is 10.6. The molecule has 5 nitrogen and oxygen atoms in total. The quantitative estimate of drug-likeness (QED) is 0.454. The third-order valence-electron chi connectivity index (χ3n) is 4.21. The van der Waals surface area contributed by atoms with Gasteiger partial charge in [-0.15, -0.1) is 0 Å². The number of esters is 1.